The van der Waals surface area contributed by atoms with Crippen molar-refractivity contribution in [3.05, 3.63) is 23.3 Å². The zero-order chi connectivity index (χ0) is 15.7. The monoisotopic (exact) mass is 320 g/mol. The van der Waals surface area contributed by atoms with E-state index >= 15 is 0 Å². The third kappa shape index (κ3) is 3.24. The molecule has 1 aromatic heterocycles. The maximum Gasteiger partial charge on any atom is 0.410 e. The normalized spacial score (nSPS) is 18.0. The Kier molecular flexibility index (Phi) is 4.08. The quantitative estimate of drug-likeness (QED) is 0.794. The lowest BCUT2D eigenvalue weighted by molar-refractivity contribution is 0.0220. The molecule has 118 valence electrons. The molecule has 0 atom stereocenters. The number of aliphatic imine (C=N–C) groups is 1. The first-order valence-corrected chi connectivity index (χ1v) is 8.51. The fourth-order valence-electron chi connectivity index (χ4n) is 2.54. The summed E-state index contributed by atoms with van der Waals surface area (Å²) in [6.07, 6.45) is 2.03. The number of carbonyl (C=O) groups excluding carboxylic acids is 1. The van der Waals surface area contributed by atoms with Gasteiger partial charge >= 0.3 is 6.09 Å². The number of thioether (sulfide) groups is 1. The molecule has 6 nitrogen and oxygen atoms in total. The molecule has 0 spiro atoms. The number of fused-ring (bicyclic) bond motifs is 1. The Bertz CT molecular complexity index is 624. The van der Waals surface area contributed by atoms with Gasteiger partial charge in [-0.05, 0) is 27.2 Å². The van der Waals surface area contributed by atoms with E-state index in [1.54, 1.807) is 23.0 Å². The molecular weight excluding hydrogens is 300 g/mol. The van der Waals surface area contributed by atoms with Gasteiger partial charge in [-0.2, -0.15) is 0 Å². The molecular formula is C15H20N4O2S. The molecule has 0 N–H and O–H groups in total. The molecule has 0 aromatic carbocycles. The zero-order valence-corrected chi connectivity index (χ0v) is 13.9. The van der Waals surface area contributed by atoms with Crippen LogP contribution in [0.4, 0.5) is 4.79 Å². The van der Waals surface area contributed by atoms with Gasteiger partial charge in [-0.3, -0.25) is 4.99 Å². The van der Waals surface area contributed by atoms with E-state index in [0.717, 1.165) is 40.7 Å². The average molecular weight is 320 g/mol. The minimum Gasteiger partial charge on any atom is -0.444 e. The lowest BCUT2D eigenvalue weighted by atomic mass is 10.0. The molecule has 0 fully saturated rings. The Labute approximate surface area is 134 Å². The van der Waals surface area contributed by atoms with E-state index in [1.165, 1.54) is 0 Å². The van der Waals surface area contributed by atoms with E-state index in [9.17, 15) is 4.79 Å². The molecule has 3 rings (SSSR count). The standard InChI is InChI=1S/C15H20N4O2S/c1-15(2,3)21-14(20)19-5-4-10-11(6-19)16-8-17-13(10)12-7-22-9-18-12/h8H,4-7,9H2,1-3H3. The first-order chi connectivity index (χ1) is 10.4. The highest BCUT2D eigenvalue weighted by molar-refractivity contribution is 8.00. The van der Waals surface area contributed by atoms with Gasteiger partial charge < -0.3 is 9.64 Å². The van der Waals surface area contributed by atoms with E-state index in [2.05, 4.69) is 15.0 Å². The maximum absolute atomic E-state index is 12.2. The molecule has 7 heteroatoms. The number of amides is 1. The second-order valence-electron chi connectivity index (χ2n) is 6.38. The summed E-state index contributed by atoms with van der Waals surface area (Å²) in [6, 6.07) is 0. The Morgan fingerprint density at radius 1 is 1.36 bits per heavy atom. The van der Waals surface area contributed by atoms with Crippen molar-refractivity contribution in [3.8, 4) is 0 Å². The first-order valence-electron chi connectivity index (χ1n) is 7.36. The van der Waals surface area contributed by atoms with Crippen LogP contribution in [0.5, 0.6) is 0 Å². The molecule has 0 saturated heterocycles. The highest BCUT2D eigenvalue weighted by Gasteiger charge is 2.29. The van der Waals surface area contributed by atoms with E-state index in [4.69, 9.17) is 4.74 Å². The van der Waals surface area contributed by atoms with Gasteiger partial charge in [0.2, 0.25) is 0 Å². The van der Waals surface area contributed by atoms with Gasteiger partial charge in [-0.25, -0.2) is 14.8 Å². The zero-order valence-electron chi connectivity index (χ0n) is 13.1. The number of carbonyl (C=O) groups is 1. The Morgan fingerprint density at radius 2 is 2.18 bits per heavy atom. The van der Waals surface area contributed by atoms with Gasteiger partial charge in [0, 0.05) is 17.9 Å². The van der Waals surface area contributed by atoms with Crippen molar-refractivity contribution in [1.82, 2.24) is 14.9 Å². The third-order valence-corrected chi connectivity index (χ3v) is 4.31. The minimum absolute atomic E-state index is 0.285. The Morgan fingerprint density at radius 3 is 2.86 bits per heavy atom. The number of aromatic nitrogens is 2. The van der Waals surface area contributed by atoms with Crippen LogP contribution in [0.1, 0.15) is 37.7 Å². The van der Waals surface area contributed by atoms with Crippen LogP contribution >= 0.6 is 11.8 Å². The van der Waals surface area contributed by atoms with E-state index in [0.29, 0.717) is 13.1 Å². The maximum atomic E-state index is 12.2. The largest absolute Gasteiger partial charge is 0.444 e. The van der Waals surface area contributed by atoms with Crippen LogP contribution in [0.25, 0.3) is 0 Å². The smallest absolute Gasteiger partial charge is 0.410 e. The molecule has 0 aliphatic carbocycles. The molecule has 2 aliphatic rings. The summed E-state index contributed by atoms with van der Waals surface area (Å²) in [5, 5.41) is 0. The van der Waals surface area contributed by atoms with Gasteiger partial charge in [0.25, 0.3) is 0 Å². The number of rotatable bonds is 1. The van der Waals surface area contributed by atoms with Crippen molar-refractivity contribution < 1.29 is 9.53 Å². The van der Waals surface area contributed by atoms with E-state index in [-0.39, 0.29) is 6.09 Å². The summed E-state index contributed by atoms with van der Waals surface area (Å²) < 4.78 is 5.44. The molecule has 0 unspecified atom stereocenters. The summed E-state index contributed by atoms with van der Waals surface area (Å²) in [4.78, 5) is 27.2. The second kappa shape index (κ2) is 5.87. The van der Waals surface area contributed by atoms with Crippen molar-refractivity contribution in [1.29, 1.82) is 0 Å². The van der Waals surface area contributed by atoms with Crippen molar-refractivity contribution >= 4 is 23.6 Å². The van der Waals surface area contributed by atoms with Crippen LogP contribution in [0.2, 0.25) is 0 Å². The molecule has 1 aromatic rings. The molecule has 2 aliphatic heterocycles. The molecule has 0 bridgehead atoms. The Balaban J connectivity index is 1.79. The lowest BCUT2D eigenvalue weighted by Gasteiger charge is -2.31. The van der Waals surface area contributed by atoms with Gasteiger partial charge in [0.1, 0.15) is 11.9 Å². The van der Waals surface area contributed by atoms with Crippen LogP contribution in [0.3, 0.4) is 0 Å². The van der Waals surface area contributed by atoms with Crippen LogP contribution < -0.4 is 0 Å². The SMILES string of the molecule is CC(C)(C)OC(=O)N1CCc2c(ncnc2C2=NCSC2)C1. The summed E-state index contributed by atoms with van der Waals surface area (Å²) >= 11 is 1.79. The number of hydrogen-bond acceptors (Lipinski definition) is 6. The van der Waals surface area contributed by atoms with Crippen LogP contribution in [-0.2, 0) is 17.7 Å². The number of nitrogens with zero attached hydrogens (tertiary/aromatic N) is 4. The topological polar surface area (TPSA) is 67.7 Å². The van der Waals surface area contributed by atoms with Crippen LogP contribution in [0.15, 0.2) is 11.3 Å². The van der Waals surface area contributed by atoms with Crippen LogP contribution in [0, 0.1) is 0 Å². The summed E-state index contributed by atoms with van der Waals surface area (Å²) in [7, 11) is 0. The fraction of sp³-hybridized carbons (Fsp3) is 0.600. The first kappa shape index (κ1) is 15.3. The molecule has 0 radical (unpaired) electrons. The van der Waals surface area contributed by atoms with Crippen molar-refractivity contribution in [2.75, 3.05) is 18.2 Å². The van der Waals surface area contributed by atoms with Crippen molar-refractivity contribution in [2.24, 2.45) is 4.99 Å². The van der Waals surface area contributed by atoms with E-state index in [1.807, 2.05) is 20.8 Å². The molecule has 3 heterocycles. The predicted octanol–water partition coefficient (Wildman–Crippen LogP) is 2.26. The average Bonchev–Trinajstić information content (AvgIpc) is 2.98. The van der Waals surface area contributed by atoms with Crippen molar-refractivity contribution in [3.63, 3.8) is 0 Å². The van der Waals surface area contributed by atoms with E-state index < -0.39 is 5.60 Å². The number of ether oxygens (including phenoxy) is 1. The van der Waals surface area contributed by atoms with Crippen molar-refractivity contribution in [2.45, 2.75) is 39.3 Å². The summed E-state index contributed by atoms with van der Waals surface area (Å²) in [5.41, 5.74) is 3.56. The Hall–Kier alpha value is -1.63. The van der Waals surface area contributed by atoms with Gasteiger partial charge in [-0.15, -0.1) is 11.8 Å². The van der Waals surface area contributed by atoms with Gasteiger partial charge in [0.15, 0.2) is 0 Å². The fourth-order valence-corrected chi connectivity index (χ4v) is 3.30. The minimum atomic E-state index is -0.482. The molecule has 22 heavy (non-hydrogen) atoms. The number of hydrogen-bond donors (Lipinski definition) is 0. The molecule has 1 amide bonds. The predicted molar refractivity (Wildman–Crippen MR) is 86.2 cm³/mol. The van der Waals surface area contributed by atoms with Crippen LogP contribution in [-0.4, -0.2) is 50.4 Å². The van der Waals surface area contributed by atoms with Gasteiger partial charge in [0.05, 0.1) is 29.5 Å². The van der Waals surface area contributed by atoms with Gasteiger partial charge in [-0.1, -0.05) is 0 Å². The summed E-state index contributed by atoms with van der Waals surface area (Å²) in [6.45, 7) is 6.72. The second-order valence-corrected chi connectivity index (χ2v) is 7.34. The highest BCUT2D eigenvalue weighted by atomic mass is 32.2. The third-order valence-electron chi connectivity index (χ3n) is 3.52. The lowest BCUT2D eigenvalue weighted by Crippen LogP contribution is -2.40. The summed E-state index contributed by atoms with van der Waals surface area (Å²) in [5.74, 6) is 1.71. The highest BCUT2D eigenvalue weighted by Crippen LogP contribution is 2.24. The molecule has 0 saturated carbocycles.